The van der Waals surface area contributed by atoms with Crippen LogP contribution in [0.5, 0.6) is 5.75 Å². The van der Waals surface area contributed by atoms with Crippen LogP contribution in [0, 0.1) is 0 Å². The van der Waals surface area contributed by atoms with Crippen LogP contribution in [0.4, 0.5) is 5.69 Å². The third-order valence-corrected chi connectivity index (χ3v) is 4.97. The van der Waals surface area contributed by atoms with Gasteiger partial charge in [-0.2, -0.15) is 0 Å². The number of ether oxygens (including phenoxy) is 1. The maximum Gasteiger partial charge on any atom is 0.259 e. The van der Waals surface area contributed by atoms with Crippen LogP contribution in [0.15, 0.2) is 78.9 Å². The molecule has 0 aromatic heterocycles. The normalized spacial score (nSPS) is 14.0. The average Bonchev–Trinajstić information content (AvgIpc) is 3.06. The Morgan fingerprint density at radius 1 is 0.852 bits per heavy atom. The van der Waals surface area contributed by atoms with E-state index in [-0.39, 0.29) is 5.91 Å². The number of carbonyl (C=O) groups is 1. The fraction of sp³-hybridized carbons (Fsp3) is 0.0870. The lowest BCUT2D eigenvalue weighted by molar-refractivity contribution is -0.112. The summed E-state index contributed by atoms with van der Waals surface area (Å²) >= 11 is 6.05. The van der Waals surface area contributed by atoms with Crippen LogP contribution in [0.2, 0.25) is 5.02 Å². The van der Waals surface area contributed by atoms with E-state index in [4.69, 9.17) is 16.3 Å². The SMILES string of the molecule is COc1ccc(N2CC(c3ccc(Cl)cc3)=C(c3ccccc3)C2=O)cc1. The minimum absolute atomic E-state index is 0.00341. The number of benzene rings is 3. The van der Waals surface area contributed by atoms with Gasteiger partial charge >= 0.3 is 0 Å². The summed E-state index contributed by atoms with van der Waals surface area (Å²) in [5, 5.41) is 0.678. The molecule has 134 valence electrons. The molecule has 0 saturated carbocycles. The van der Waals surface area contributed by atoms with Gasteiger partial charge in [0.2, 0.25) is 0 Å². The molecule has 3 nitrogen and oxygen atoms in total. The largest absolute Gasteiger partial charge is 0.497 e. The van der Waals surface area contributed by atoms with Gasteiger partial charge in [-0.3, -0.25) is 4.79 Å². The van der Waals surface area contributed by atoms with Crippen LogP contribution in [-0.4, -0.2) is 19.6 Å². The van der Waals surface area contributed by atoms with E-state index < -0.39 is 0 Å². The molecule has 0 spiro atoms. The minimum Gasteiger partial charge on any atom is -0.497 e. The van der Waals surface area contributed by atoms with Crippen molar-refractivity contribution >= 4 is 34.3 Å². The molecule has 4 heteroatoms. The van der Waals surface area contributed by atoms with Crippen LogP contribution in [0.25, 0.3) is 11.1 Å². The molecule has 0 radical (unpaired) electrons. The maximum absolute atomic E-state index is 13.3. The molecular formula is C23H18ClNO2. The zero-order valence-corrected chi connectivity index (χ0v) is 15.6. The van der Waals surface area contributed by atoms with Crippen molar-refractivity contribution in [1.82, 2.24) is 0 Å². The second-order valence-electron chi connectivity index (χ2n) is 6.32. The monoisotopic (exact) mass is 375 g/mol. The Bertz CT molecular complexity index is 993. The molecule has 0 N–H and O–H groups in total. The van der Waals surface area contributed by atoms with Crippen molar-refractivity contribution < 1.29 is 9.53 Å². The van der Waals surface area contributed by atoms with E-state index in [9.17, 15) is 4.79 Å². The molecule has 1 heterocycles. The molecule has 1 aliphatic heterocycles. The van der Waals surface area contributed by atoms with Gasteiger partial charge < -0.3 is 9.64 Å². The molecule has 0 bridgehead atoms. The summed E-state index contributed by atoms with van der Waals surface area (Å²) in [7, 11) is 1.63. The summed E-state index contributed by atoms with van der Waals surface area (Å²) in [5.74, 6) is 0.760. The quantitative estimate of drug-likeness (QED) is 0.618. The third kappa shape index (κ3) is 3.34. The molecule has 0 atom stereocenters. The molecule has 3 aromatic carbocycles. The van der Waals surface area contributed by atoms with Crippen LogP contribution in [-0.2, 0) is 4.79 Å². The number of anilines is 1. The Morgan fingerprint density at radius 2 is 1.52 bits per heavy atom. The molecule has 4 rings (SSSR count). The van der Waals surface area contributed by atoms with E-state index in [1.165, 1.54) is 0 Å². The Hall–Kier alpha value is -3.04. The molecule has 3 aromatic rings. The predicted molar refractivity (Wildman–Crippen MR) is 110 cm³/mol. The standard InChI is InChI=1S/C23H18ClNO2/c1-27-20-13-11-19(12-14-20)25-15-21(16-7-9-18(24)10-8-16)22(23(25)26)17-5-3-2-4-6-17/h2-14H,15H2,1H3. The van der Waals surface area contributed by atoms with Crippen molar-refractivity contribution in [2.75, 3.05) is 18.6 Å². The summed E-state index contributed by atoms with van der Waals surface area (Å²) in [4.78, 5) is 15.1. The van der Waals surface area contributed by atoms with Gasteiger partial charge in [-0.25, -0.2) is 0 Å². The van der Waals surface area contributed by atoms with Gasteiger partial charge in [-0.1, -0.05) is 54.1 Å². The van der Waals surface area contributed by atoms with E-state index in [1.807, 2.05) is 78.9 Å². The number of hydrogen-bond donors (Lipinski definition) is 0. The van der Waals surface area contributed by atoms with E-state index in [0.29, 0.717) is 11.6 Å². The molecule has 1 amide bonds. The first-order valence-electron chi connectivity index (χ1n) is 8.68. The summed E-state index contributed by atoms with van der Waals surface area (Å²) in [5.41, 5.74) is 4.50. The highest BCUT2D eigenvalue weighted by molar-refractivity contribution is 6.36. The summed E-state index contributed by atoms with van der Waals surface area (Å²) < 4.78 is 5.22. The highest BCUT2D eigenvalue weighted by Gasteiger charge is 2.32. The van der Waals surface area contributed by atoms with Crippen LogP contribution >= 0.6 is 11.6 Å². The number of rotatable bonds is 4. The highest BCUT2D eigenvalue weighted by Crippen LogP contribution is 2.37. The lowest BCUT2D eigenvalue weighted by Gasteiger charge is -2.17. The lowest BCUT2D eigenvalue weighted by atomic mass is 9.97. The van der Waals surface area contributed by atoms with Gasteiger partial charge in [-0.15, -0.1) is 0 Å². The molecular weight excluding hydrogens is 358 g/mol. The Labute approximate surface area is 163 Å². The molecule has 0 saturated heterocycles. The van der Waals surface area contributed by atoms with Gasteiger partial charge in [0.15, 0.2) is 0 Å². The van der Waals surface area contributed by atoms with Crippen LogP contribution < -0.4 is 9.64 Å². The molecule has 1 aliphatic rings. The average molecular weight is 376 g/mol. The van der Waals surface area contributed by atoms with E-state index in [2.05, 4.69) is 0 Å². The van der Waals surface area contributed by atoms with E-state index in [1.54, 1.807) is 12.0 Å². The molecule has 0 fully saturated rings. The number of hydrogen-bond acceptors (Lipinski definition) is 2. The zero-order chi connectivity index (χ0) is 18.8. The van der Waals surface area contributed by atoms with Crippen molar-refractivity contribution in [3.8, 4) is 5.75 Å². The van der Waals surface area contributed by atoms with Gasteiger partial charge in [0.05, 0.1) is 19.2 Å². The van der Waals surface area contributed by atoms with Gasteiger partial charge in [0.25, 0.3) is 5.91 Å². The lowest BCUT2D eigenvalue weighted by Crippen LogP contribution is -2.26. The van der Waals surface area contributed by atoms with Crippen LogP contribution in [0.3, 0.4) is 0 Å². The first-order chi connectivity index (χ1) is 13.2. The molecule has 0 aliphatic carbocycles. The third-order valence-electron chi connectivity index (χ3n) is 4.72. The topological polar surface area (TPSA) is 29.5 Å². The van der Waals surface area contributed by atoms with Gasteiger partial charge in [0, 0.05) is 10.7 Å². The number of halogens is 1. The second kappa shape index (κ2) is 7.29. The van der Waals surface area contributed by atoms with Crippen molar-refractivity contribution in [3.63, 3.8) is 0 Å². The van der Waals surface area contributed by atoms with Crippen molar-refractivity contribution in [2.45, 2.75) is 0 Å². The summed E-state index contributed by atoms with van der Waals surface area (Å²) in [6.45, 7) is 0.511. The summed E-state index contributed by atoms with van der Waals surface area (Å²) in [6.07, 6.45) is 0. The smallest absolute Gasteiger partial charge is 0.259 e. The summed E-state index contributed by atoms with van der Waals surface area (Å²) in [6, 6.07) is 25.0. The van der Waals surface area contributed by atoms with Crippen molar-refractivity contribution in [3.05, 3.63) is 95.0 Å². The van der Waals surface area contributed by atoms with Crippen LogP contribution in [0.1, 0.15) is 11.1 Å². The fourth-order valence-electron chi connectivity index (χ4n) is 3.33. The number of carbonyl (C=O) groups excluding carboxylic acids is 1. The fourth-order valence-corrected chi connectivity index (χ4v) is 3.46. The minimum atomic E-state index is -0.00341. The Morgan fingerprint density at radius 3 is 2.15 bits per heavy atom. The van der Waals surface area contributed by atoms with Crippen molar-refractivity contribution in [2.24, 2.45) is 0 Å². The molecule has 27 heavy (non-hydrogen) atoms. The van der Waals surface area contributed by atoms with Gasteiger partial charge in [0.1, 0.15) is 5.75 Å². The molecule has 0 unspecified atom stereocenters. The second-order valence-corrected chi connectivity index (χ2v) is 6.75. The Balaban J connectivity index is 1.79. The first-order valence-corrected chi connectivity index (χ1v) is 9.05. The maximum atomic E-state index is 13.3. The van der Waals surface area contributed by atoms with E-state index >= 15 is 0 Å². The first kappa shape index (κ1) is 17.4. The Kier molecular flexibility index (Phi) is 4.69. The van der Waals surface area contributed by atoms with E-state index in [0.717, 1.165) is 33.7 Å². The number of methoxy groups -OCH3 is 1. The number of nitrogens with zero attached hydrogens (tertiary/aromatic N) is 1. The number of amides is 1. The zero-order valence-electron chi connectivity index (χ0n) is 14.9. The predicted octanol–water partition coefficient (Wildman–Crippen LogP) is 5.31. The highest BCUT2D eigenvalue weighted by atomic mass is 35.5. The van der Waals surface area contributed by atoms with Gasteiger partial charge in [-0.05, 0) is 53.1 Å². The van der Waals surface area contributed by atoms with Crippen molar-refractivity contribution in [1.29, 1.82) is 0 Å².